The van der Waals surface area contributed by atoms with Crippen LogP contribution in [0.4, 0.5) is 5.69 Å². The number of hydrogen-bond donors (Lipinski definition) is 1. The van der Waals surface area contributed by atoms with Gasteiger partial charge in [0.1, 0.15) is 0 Å². The summed E-state index contributed by atoms with van der Waals surface area (Å²) in [6, 6.07) is 7.40. The molecular formula is C14H18N2O3. The molecule has 0 radical (unpaired) electrons. The van der Waals surface area contributed by atoms with Crippen LogP contribution >= 0.6 is 0 Å². The van der Waals surface area contributed by atoms with E-state index in [0.717, 1.165) is 17.8 Å². The predicted molar refractivity (Wildman–Crippen MR) is 72.3 cm³/mol. The number of nitrogens with zero attached hydrogens (tertiary/aromatic N) is 2. The van der Waals surface area contributed by atoms with E-state index < -0.39 is 11.9 Å². The minimum atomic E-state index is -0.831. The summed E-state index contributed by atoms with van der Waals surface area (Å²) in [5.41, 5.74) is 1.74. The lowest BCUT2D eigenvalue weighted by Crippen LogP contribution is -2.48. The second-order valence-corrected chi connectivity index (χ2v) is 4.89. The van der Waals surface area contributed by atoms with E-state index >= 15 is 0 Å². The molecule has 1 aromatic rings. The summed E-state index contributed by atoms with van der Waals surface area (Å²) < 4.78 is 0. The van der Waals surface area contributed by atoms with Crippen molar-refractivity contribution in [2.24, 2.45) is 0 Å². The molecule has 0 saturated carbocycles. The third-order valence-electron chi connectivity index (χ3n) is 3.59. The minimum Gasteiger partial charge on any atom is -0.481 e. The largest absolute Gasteiger partial charge is 0.481 e. The monoisotopic (exact) mass is 262 g/mol. The molecule has 1 atom stereocenters. The summed E-state index contributed by atoms with van der Waals surface area (Å²) in [7, 11) is 1.80. The average molecular weight is 262 g/mol. The number of rotatable bonds is 3. The van der Waals surface area contributed by atoms with E-state index in [1.165, 1.54) is 0 Å². The number of anilines is 1. The lowest BCUT2D eigenvalue weighted by Gasteiger charge is -2.33. The topological polar surface area (TPSA) is 60.9 Å². The van der Waals surface area contributed by atoms with E-state index in [0.29, 0.717) is 13.1 Å². The van der Waals surface area contributed by atoms with Gasteiger partial charge in [0.25, 0.3) is 0 Å². The molecular weight excluding hydrogens is 244 g/mol. The zero-order valence-corrected chi connectivity index (χ0v) is 11.2. The third kappa shape index (κ3) is 2.86. The second-order valence-electron chi connectivity index (χ2n) is 4.89. The highest BCUT2D eigenvalue weighted by Crippen LogP contribution is 2.21. The lowest BCUT2D eigenvalue weighted by molar-refractivity contribution is -0.138. The lowest BCUT2D eigenvalue weighted by atomic mass is 10.0. The van der Waals surface area contributed by atoms with Crippen molar-refractivity contribution in [3.8, 4) is 0 Å². The van der Waals surface area contributed by atoms with E-state index in [1.807, 2.05) is 29.2 Å². The van der Waals surface area contributed by atoms with Gasteiger partial charge in [0.2, 0.25) is 5.91 Å². The summed E-state index contributed by atoms with van der Waals surface area (Å²) in [5, 5.41) is 8.96. The fourth-order valence-corrected chi connectivity index (χ4v) is 2.10. The number of carbonyl (C=O) groups is 2. The molecule has 5 nitrogen and oxygen atoms in total. The minimum absolute atomic E-state index is 0.106. The molecule has 1 fully saturated rings. The van der Waals surface area contributed by atoms with Gasteiger partial charge in [-0.05, 0) is 24.6 Å². The number of amides is 1. The van der Waals surface area contributed by atoms with E-state index in [9.17, 15) is 9.59 Å². The molecule has 0 bridgehead atoms. The Bertz CT molecular complexity index is 484. The maximum Gasteiger partial charge on any atom is 0.310 e. The van der Waals surface area contributed by atoms with Crippen LogP contribution in [0.2, 0.25) is 0 Å². The highest BCUT2D eigenvalue weighted by Gasteiger charge is 2.21. The molecule has 1 N–H and O–H groups in total. The van der Waals surface area contributed by atoms with Crippen LogP contribution in [0.15, 0.2) is 24.3 Å². The van der Waals surface area contributed by atoms with Gasteiger partial charge in [0.15, 0.2) is 0 Å². The quantitative estimate of drug-likeness (QED) is 0.887. The van der Waals surface area contributed by atoms with Gasteiger partial charge < -0.3 is 14.9 Å². The number of benzene rings is 1. The SMILES string of the molecule is CC(C(=O)O)c1ccc(N2CCN(C)C(=O)C2)cc1. The van der Waals surface area contributed by atoms with Crippen LogP contribution in [-0.4, -0.2) is 48.6 Å². The number of piperazine rings is 1. The molecule has 0 aromatic heterocycles. The number of carboxylic acid groups (broad SMARTS) is 1. The number of hydrogen-bond acceptors (Lipinski definition) is 3. The molecule has 0 aliphatic carbocycles. The van der Waals surface area contributed by atoms with Gasteiger partial charge in [0.05, 0.1) is 12.5 Å². The summed E-state index contributed by atoms with van der Waals surface area (Å²) >= 11 is 0. The molecule has 1 unspecified atom stereocenters. The normalized spacial score (nSPS) is 17.5. The van der Waals surface area contributed by atoms with Crippen molar-refractivity contribution in [2.45, 2.75) is 12.8 Å². The van der Waals surface area contributed by atoms with Crippen LogP contribution in [0.5, 0.6) is 0 Å². The Morgan fingerprint density at radius 2 is 1.89 bits per heavy atom. The Balaban J connectivity index is 2.10. The van der Waals surface area contributed by atoms with Crippen molar-refractivity contribution in [1.29, 1.82) is 0 Å². The van der Waals surface area contributed by atoms with Crippen molar-refractivity contribution >= 4 is 17.6 Å². The van der Waals surface area contributed by atoms with E-state index in [-0.39, 0.29) is 5.91 Å². The van der Waals surface area contributed by atoms with Crippen molar-refractivity contribution in [2.75, 3.05) is 31.6 Å². The number of likely N-dealkylation sites (N-methyl/N-ethyl adjacent to an activating group) is 1. The van der Waals surface area contributed by atoms with Gasteiger partial charge in [-0.15, -0.1) is 0 Å². The van der Waals surface area contributed by atoms with Crippen LogP contribution in [0.25, 0.3) is 0 Å². The van der Waals surface area contributed by atoms with E-state index in [4.69, 9.17) is 5.11 Å². The van der Waals surface area contributed by atoms with Gasteiger partial charge in [-0.2, -0.15) is 0 Å². The molecule has 5 heteroatoms. The van der Waals surface area contributed by atoms with Crippen molar-refractivity contribution < 1.29 is 14.7 Å². The maximum absolute atomic E-state index is 11.6. The van der Waals surface area contributed by atoms with E-state index in [1.54, 1.807) is 18.9 Å². The predicted octanol–water partition coefficient (Wildman–Crippen LogP) is 1.15. The zero-order valence-electron chi connectivity index (χ0n) is 11.2. The summed E-state index contributed by atoms with van der Waals surface area (Å²) in [4.78, 5) is 26.3. The first-order valence-electron chi connectivity index (χ1n) is 6.30. The Morgan fingerprint density at radius 3 is 2.42 bits per heavy atom. The maximum atomic E-state index is 11.6. The second kappa shape index (κ2) is 5.30. The number of aliphatic carboxylic acids is 1. The molecule has 102 valence electrons. The van der Waals surface area contributed by atoms with Crippen LogP contribution in [0.1, 0.15) is 18.4 Å². The molecule has 1 aliphatic heterocycles. The first-order valence-corrected chi connectivity index (χ1v) is 6.30. The van der Waals surface area contributed by atoms with Crippen molar-refractivity contribution in [1.82, 2.24) is 4.90 Å². The van der Waals surface area contributed by atoms with Crippen molar-refractivity contribution in [3.05, 3.63) is 29.8 Å². The smallest absolute Gasteiger partial charge is 0.310 e. The van der Waals surface area contributed by atoms with Gasteiger partial charge >= 0.3 is 5.97 Å². The third-order valence-corrected chi connectivity index (χ3v) is 3.59. The Labute approximate surface area is 112 Å². The summed E-state index contributed by atoms with van der Waals surface area (Å²) in [6.45, 7) is 3.56. The molecule has 1 heterocycles. The standard InChI is InChI=1S/C14H18N2O3/c1-10(14(18)19)11-3-5-12(6-4-11)16-8-7-15(2)13(17)9-16/h3-6,10H,7-9H2,1-2H3,(H,18,19). The zero-order chi connectivity index (χ0) is 14.0. The molecule has 1 aliphatic rings. The van der Waals surface area contributed by atoms with Gasteiger partial charge in [0, 0.05) is 25.8 Å². The molecule has 1 saturated heterocycles. The van der Waals surface area contributed by atoms with Gasteiger partial charge in [-0.3, -0.25) is 9.59 Å². The molecule has 2 rings (SSSR count). The van der Waals surface area contributed by atoms with Crippen LogP contribution in [0.3, 0.4) is 0 Å². The molecule has 19 heavy (non-hydrogen) atoms. The summed E-state index contributed by atoms with van der Waals surface area (Å²) in [6.07, 6.45) is 0. The first kappa shape index (κ1) is 13.4. The van der Waals surface area contributed by atoms with Crippen LogP contribution < -0.4 is 4.90 Å². The Hall–Kier alpha value is -2.04. The average Bonchev–Trinajstić information content (AvgIpc) is 2.41. The van der Waals surface area contributed by atoms with Crippen molar-refractivity contribution in [3.63, 3.8) is 0 Å². The fourth-order valence-electron chi connectivity index (χ4n) is 2.10. The Morgan fingerprint density at radius 1 is 1.26 bits per heavy atom. The number of carbonyl (C=O) groups excluding carboxylic acids is 1. The van der Waals surface area contributed by atoms with Gasteiger partial charge in [-0.1, -0.05) is 12.1 Å². The first-order chi connectivity index (χ1) is 8.99. The molecule has 1 amide bonds. The van der Waals surface area contributed by atoms with E-state index in [2.05, 4.69) is 0 Å². The fraction of sp³-hybridized carbons (Fsp3) is 0.429. The van der Waals surface area contributed by atoms with Crippen LogP contribution in [0, 0.1) is 0 Å². The Kier molecular flexibility index (Phi) is 3.74. The van der Waals surface area contributed by atoms with Crippen LogP contribution in [-0.2, 0) is 9.59 Å². The molecule has 1 aromatic carbocycles. The van der Waals surface area contributed by atoms with Gasteiger partial charge in [-0.25, -0.2) is 0 Å². The highest BCUT2D eigenvalue weighted by atomic mass is 16.4. The highest BCUT2D eigenvalue weighted by molar-refractivity contribution is 5.82. The molecule has 0 spiro atoms. The number of carboxylic acids is 1. The summed E-state index contributed by atoms with van der Waals surface area (Å²) in [5.74, 6) is -1.24.